The van der Waals surface area contributed by atoms with Gasteiger partial charge in [-0.2, -0.15) is 0 Å². The molecule has 1 heterocycles. The number of nitro benzene ring substituents is 1. The summed E-state index contributed by atoms with van der Waals surface area (Å²) < 4.78 is 5.43. The van der Waals surface area contributed by atoms with Gasteiger partial charge in [-0.15, -0.1) is 11.3 Å². The number of carbonyl (C=O) groups is 1. The van der Waals surface area contributed by atoms with Gasteiger partial charge in [-0.05, 0) is 13.0 Å². The van der Waals surface area contributed by atoms with E-state index in [4.69, 9.17) is 0 Å². The Morgan fingerprint density at radius 3 is 2.80 bits per heavy atom. The molecule has 0 saturated carbocycles. The fourth-order valence-corrected chi connectivity index (χ4v) is 3.36. The summed E-state index contributed by atoms with van der Waals surface area (Å²) in [6, 6.07) is 4.11. The van der Waals surface area contributed by atoms with Crippen molar-refractivity contribution in [3.05, 3.63) is 45.0 Å². The number of hydrogen-bond donors (Lipinski definition) is 0. The molecule has 0 aliphatic rings. The van der Waals surface area contributed by atoms with Crippen LogP contribution in [0.25, 0.3) is 0 Å². The highest BCUT2D eigenvalue weighted by atomic mass is 32.2. The summed E-state index contributed by atoms with van der Waals surface area (Å²) in [5.74, 6) is -0.607. The van der Waals surface area contributed by atoms with E-state index >= 15 is 0 Å². The summed E-state index contributed by atoms with van der Waals surface area (Å²) in [6.45, 7) is 1.87. The lowest BCUT2D eigenvalue weighted by Gasteiger charge is -2.05. The number of nitro groups is 1. The van der Waals surface area contributed by atoms with Crippen molar-refractivity contribution in [2.24, 2.45) is 0 Å². The first-order chi connectivity index (χ1) is 9.51. The molecule has 2 aromatic rings. The average Bonchev–Trinajstić information content (AvgIpc) is 2.83. The van der Waals surface area contributed by atoms with Crippen molar-refractivity contribution in [1.29, 1.82) is 0 Å². The SMILES string of the molecule is COC(=O)c1cc([N+](=O)[O-])ccc1Sc1nc(C)cs1. The van der Waals surface area contributed by atoms with Crippen molar-refractivity contribution in [3.63, 3.8) is 0 Å². The molecule has 20 heavy (non-hydrogen) atoms. The van der Waals surface area contributed by atoms with Crippen molar-refractivity contribution in [2.45, 2.75) is 16.2 Å². The van der Waals surface area contributed by atoms with Gasteiger partial charge >= 0.3 is 5.97 Å². The molecule has 8 heteroatoms. The summed E-state index contributed by atoms with van der Waals surface area (Å²) in [5.41, 5.74) is 0.906. The molecule has 0 saturated heterocycles. The Morgan fingerprint density at radius 1 is 1.50 bits per heavy atom. The molecule has 6 nitrogen and oxygen atoms in total. The summed E-state index contributed by atoms with van der Waals surface area (Å²) in [4.78, 5) is 26.8. The smallest absolute Gasteiger partial charge is 0.339 e. The summed E-state index contributed by atoms with van der Waals surface area (Å²) in [6.07, 6.45) is 0. The van der Waals surface area contributed by atoms with Crippen molar-refractivity contribution >= 4 is 34.8 Å². The minimum absolute atomic E-state index is 0.148. The van der Waals surface area contributed by atoms with Crippen LogP contribution < -0.4 is 0 Å². The molecule has 1 aromatic heterocycles. The van der Waals surface area contributed by atoms with Gasteiger partial charge in [-0.1, -0.05) is 11.8 Å². The van der Waals surface area contributed by atoms with E-state index in [-0.39, 0.29) is 11.3 Å². The molecule has 2 rings (SSSR count). The number of methoxy groups -OCH3 is 1. The number of rotatable bonds is 4. The van der Waals surface area contributed by atoms with Crippen LogP contribution in [-0.2, 0) is 4.74 Å². The molecule has 104 valence electrons. The number of aryl methyl sites for hydroxylation is 1. The zero-order valence-corrected chi connectivity index (χ0v) is 12.3. The van der Waals surface area contributed by atoms with Gasteiger partial charge in [-0.3, -0.25) is 10.1 Å². The predicted octanol–water partition coefficient (Wildman–Crippen LogP) is 3.30. The van der Waals surface area contributed by atoms with E-state index in [0.717, 1.165) is 10.0 Å². The topological polar surface area (TPSA) is 82.3 Å². The minimum Gasteiger partial charge on any atom is -0.465 e. The maximum atomic E-state index is 11.7. The van der Waals surface area contributed by atoms with Crippen molar-refractivity contribution < 1.29 is 14.5 Å². The van der Waals surface area contributed by atoms with Crippen LogP contribution in [0.5, 0.6) is 0 Å². The quantitative estimate of drug-likeness (QED) is 0.489. The van der Waals surface area contributed by atoms with E-state index in [2.05, 4.69) is 9.72 Å². The fraction of sp³-hybridized carbons (Fsp3) is 0.167. The first-order valence-corrected chi connectivity index (χ1v) is 7.17. The number of non-ortho nitro benzene ring substituents is 1. The summed E-state index contributed by atoms with van der Waals surface area (Å²) in [5, 5.41) is 12.7. The molecule has 0 atom stereocenters. The van der Waals surface area contributed by atoms with E-state index < -0.39 is 10.9 Å². The monoisotopic (exact) mass is 310 g/mol. The highest BCUT2D eigenvalue weighted by molar-refractivity contribution is 8.01. The molecule has 0 unspecified atom stereocenters. The number of carbonyl (C=O) groups excluding carboxylic acids is 1. The van der Waals surface area contributed by atoms with E-state index in [1.54, 1.807) is 0 Å². The lowest BCUT2D eigenvalue weighted by Crippen LogP contribution is -2.04. The van der Waals surface area contributed by atoms with Crippen LogP contribution in [0.1, 0.15) is 16.1 Å². The lowest BCUT2D eigenvalue weighted by atomic mass is 10.2. The maximum Gasteiger partial charge on any atom is 0.339 e. The normalized spacial score (nSPS) is 10.3. The van der Waals surface area contributed by atoms with Gasteiger partial charge in [0.15, 0.2) is 4.34 Å². The molecule has 0 aliphatic heterocycles. The number of hydrogen-bond acceptors (Lipinski definition) is 7. The second-order valence-electron chi connectivity index (χ2n) is 3.79. The lowest BCUT2D eigenvalue weighted by molar-refractivity contribution is -0.384. The Bertz CT molecular complexity index is 669. The Labute approximate surface area is 122 Å². The highest BCUT2D eigenvalue weighted by Gasteiger charge is 2.18. The van der Waals surface area contributed by atoms with Crippen LogP contribution in [0.2, 0.25) is 0 Å². The van der Waals surface area contributed by atoms with Crippen molar-refractivity contribution in [1.82, 2.24) is 4.98 Å². The second-order valence-corrected chi connectivity index (χ2v) is 5.93. The molecule has 0 aliphatic carbocycles. The minimum atomic E-state index is -0.607. The molecular formula is C12H10N2O4S2. The average molecular weight is 310 g/mol. The van der Waals surface area contributed by atoms with Gasteiger partial charge in [0, 0.05) is 28.1 Å². The van der Waals surface area contributed by atoms with E-state index in [1.165, 1.54) is 48.4 Å². The molecule has 0 fully saturated rings. The molecule has 1 aromatic carbocycles. The van der Waals surface area contributed by atoms with Gasteiger partial charge in [0.05, 0.1) is 17.6 Å². The zero-order valence-electron chi connectivity index (χ0n) is 10.7. The van der Waals surface area contributed by atoms with Gasteiger partial charge in [0.25, 0.3) is 5.69 Å². The summed E-state index contributed by atoms with van der Waals surface area (Å²) in [7, 11) is 1.24. The molecule has 0 spiro atoms. The molecule has 0 radical (unpaired) electrons. The van der Waals surface area contributed by atoms with Crippen molar-refractivity contribution in [3.8, 4) is 0 Å². The van der Waals surface area contributed by atoms with E-state index in [0.29, 0.717) is 4.90 Å². The Kier molecular flexibility index (Phi) is 4.35. The molecule has 0 amide bonds. The number of esters is 1. The Balaban J connectivity index is 2.40. The molecule has 0 N–H and O–H groups in total. The first kappa shape index (κ1) is 14.5. The van der Waals surface area contributed by atoms with Gasteiger partial charge in [-0.25, -0.2) is 9.78 Å². The highest BCUT2D eigenvalue weighted by Crippen LogP contribution is 2.34. The number of thiazole rings is 1. The second kappa shape index (κ2) is 6.02. The maximum absolute atomic E-state index is 11.7. The predicted molar refractivity (Wildman–Crippen MR) is 75.4 cm³/mol. The number of nitrogens with zero attached hydrogens (tertiary/aromatic N) is 2. The fourth-order valence-electron chi connectivity index (χ4n) is 1.46. The number of benzene rings is 1. The standard InChI is InChI=1S/C12H10N2O4S2/c1-7-6-19-12(13-7)20-10-4-3-8(14(16)17)5-9(10)11(15)18-2/h3-6H,1-2H3. The van der Waals surface area contributed by atoms with Crippen LogP contribution in [0.15, 0.2) is 32.8 Å². The van der Waals surface area contributed by atoms with Crippen LogP contribution in [-0.4, -0.2) is 23.0 Å². The molecular weight excluding hydrogens is 300 g/mol. The van der Waals surface area contributed by atoms with Gasteiger partial charge < -0.3 is 4.74 Å². The third kappa shape index (κ3) is 3.14. The Morgan fingerprint density at radius 2 is 2.25 bits per heavy atom. The third-order valence-corrected chi connectivity index (χ3v) is 4.51. The Hall–Kier alpha value is -1.93. The van der Waals surface area contributed by atoms with E-state index in [9.17, 15) is 14.9 Å². The van der Waals surface area contributed by atoms with Crippen molar-refractivity contribution in [2.75, 3.05) is 7.11 Å². The van der Waals surface area contributed by atoms with Crippen LogP contribution in [0.4, 0.5) is 5.69 Å². The van der Waals surface area contributed by atoms with Crippen LogP contribution >= 0.6 is 23.1 Å². The van der Waals surface area contributed by atoms with Crippen LogP contribution in [0.3, 0.4) is 0 Å². The van der Waals surface area contributed by atoms with Gasteiger partial charge in [0.1, 0.15) is 0 Å². The third-order valence-electron chi connectivity index (χ3n) is 2.37. The van der Waals surface area contributed by atoms with E-state index in [1.807, 2.05) is 12.3 Å². The summed E-state index contributed by atoms with van der Waals surface area (Å²) >= 11 is 2.73. The largest absolute Gasteiger partial charge is 0.465 e. The first-order valence-electron chi connectivity index (χ1n) is 5.48. The zero-order chi connectivity index (χ0) is 14.7. The number of aromatic nitrogens is 1. The number of ether oxygens (including phenoxy) is 1. The van der Waals surface area contributed by atoms with Gasteiger partial charge in [0.2, 0.25) is 0 Å². The molecule has 0 bridgehead atoms. The van der Waals surface area contributed by atoms with Crippen LogP contribution in [0, 0.1) is 17.0 Å².